The lowest BCUT2D eigenvalue weighted by atomic mass is 9.90. The average Bonchev–Trinajstić information content (AvgIpc) is 1.57. The fourth-order valence-electron chi connectivity index (χ4n) is 16.8. The van der Waals surface area contributed by atoms with Crippen molar-refractivity contribution in [3.8, 4) is 73.0 Å². The Kier molecular flexibility index (Phi) is 22.1. The summed E-state index contributed by atoms with van der Waals surface area (Å²) >= 11 is 0. The van der Waals surface area contributed by atoms with Crippen LogP contribution >= 0.6 is 0 Å². The van der Waals surface area contributed by atoms with Gasteiger partial charge in [0.2, 0.25) is 0 Å². The zero-order valence-electron chi connectivity index (χ0n) is 72.2. The Morgan fingerprint density at radius 3 is 1.24 bits per heavy atom. The monoisotopic (exact) mass is 1800 g/mol. The van der Waals surface area contributed by atoms with Gasteiger partial charge in [-0.25, -0.2) is 43.3 Å². The van der Waals surface area contributed by atoms with Gasteiger partial charge in [-0.3, -0.25) is 52.1 Å². The standard InChI is InChI=1S/C30H18N4O2.C25H23N3O6.C24H19N5O4.C12H14N4.C10H2O6/c1-15-3-7-19-21(11-15)27-32-24-14-18(6-10-26(24)34(27)29(19)35)17-5-8-20-22(13-17)28-31-23-12-16(2)4-9-25(23)33(28)30(20)36;1-12(29)16-10-19(25(33)34)17(11-18(16)24(31)32)22(30)9-14-4-3-5-15(23(14)27)13-6-7-21(28-2)20(26)8-13;1-27-18-7-6-11(8-17(18)25)12-4-3-5-19(20(12)26)29-23(32)15-9-13-14(10-16(15)24(29)33)22(31)28(2)21(13)30;13-9-3-1-7(5-11(9)15)8-2-4-10(14)12(16)6-8;11-7-3-1-4-6(10(14)16-8(4)12)2-5(3)9(13)15-7/h3-14H,1-2H3;3-8,10-11,28H,9,26-27H2,1-2H3,(H,31,32)(H,33,34);3-10,27H,25-26H2,1-2H3;1-6H,13-16H2;1-2H. The van der Waals surface area contributed by atoms with Gasteiger partial charge in [0.1, 0.15) is 11.6 Å². The van der Waals surface area contributed by atoms with E-state index in [4.69, 9.17) is 55.8 Å². The fourth-order valence-corrected chi connectivity index (χ4v) is 16.8. The summed E-state index contributed by atoms with van der Waals surface area (Å²) in [5.41, 5.74) is 61.7. The Morgan fingerprint density at radius 1 is 0.356 bits per heavy atom. The molecule has 0 bridgehead atoms. The molecule has 668 valence electrons. The number of ketones is 2. The Morgan fingerprint density at radius 2 is 0.748 bits per heavy atom. The van der Waals surface area contributed by atoms with Crippen LogP contribution in [-0.4, -0.2) is 87.9 Å². The van der Waals surface area contributed by atoms with E-state index in [0.717, 1.165) is 129 Å². The number of anilines is 10. The molecule has 0 radical (unpaired) electrons. The molecule has 0 saturated carbocycles. The van der Waals surface area contributed by atoms with Crippen molar-refractivity contribution in [3.63, 3.8) is 0 Å². The minimum absolute atomic E-state index is 0.0181. The van der Waals surface area contributed by atoms with Crippen molar-refractivity contribution in [2.75, 3.05) is 70.6 Å². The largest absolute Gasteiger partial charge is 0.478 e. The number of carbonyl (C=O) groups is 6. The van der Waals surface area contributed by atoms with Gasteiger partial charge < -0.3 is 75.6 Å². The van der Waals surface area contributed by atoms with Gasteiger partial charge in [-0.05, 0) is 205 Å². The molecular formula is C101H76N16O18. The minimum atomic E-state index is -1.45. The summed E-state index contributed by atoms with van der Waals surface area (Å²) in [6.07, 6.45) is -0.275. The first-order valence-corrected chi connectivity index (χ1v) is 41.3. The van der Waals surface area contributed by atoms with Gasteiger partial charge >= 0.3 is 34.4 Å². The van der Waals surface area contributed by atoms with E-state index < -0.39 is 79.4 Å². The molecule has 0 spiro atoms. The van der Waals surface area contributed by atoms with E-state index in [2.05, 4.69) is 19.5 Å². The third-order valence-corrected chi connectivity index (χ3v) is 23.8. The third kappa shape index (κ3) is 15.4. The molecule has 13 aromatic carbocycles. The molecule has 0 unspecified atom stereocenters. The predicted octanol–water partition coefficient (Wildman–Crippen LogP) is 12.1. The molecule has 8 heterocycles. The molecule has 0 fully saturated rings. The van der Waals surface area contributed by atoms with Crippen molar-refractivity contribution >= 4 is 157 Å². The molecule has 135 heavy (non-hydrogen) atoms. The number of rotatable bonds is 13. The van der Waals surface area contributed by atoms with E-state index in [9.17, 15) is 77.3 Å². The highest BCUT2D eigenvalue weighted by Gasteiger charge is 2.34. The van der Waals surface area contributed by atoms with E-state index in [1.807, 2.05) is 129 Å². The molecule has 19 aromatic rings. The number of carboxylic acid groups (broad SMARTS) is 2. The summed E-state index contributed by atoms with van der Waals surface area (Å²) in [4.78, 5) is 180. The quantitative estimate of drug-likeness (QED) is 0.0377. The van der Waals surface area contributed by atoms with Crippen LogP contribution in [0.3, 0.4) is 0 Å². The predicted molar refractivity (Wildman–Crippen MR) is 521 cm³/mol. The highest BCUT2D eigenvalue weighted by Crippen LogP contribution is 2.42. The van der Waals surface area contributed by atoms with Crippen LogP contribution in [-0.2, 0) is 13.5 Å². The number of nitrogens with one attached hydrogen (secondary N) is 2. The number of para-hydroxylation sites is 2. The molecule has 0 atom stereocenters. The SMILES string of the molecule is CNc1ccc(-c2cccc(-n3c(=O)c4cc5c(=O)n(C)c(=O)c5cc4c3=O)c2N)cc1N.CNc1ccc(-c2cccc(CC(=O)c3cc(C(=O)O)c(C(C)=O)cc3C(=O)O)c2N)cc1N.Cc1ccc2c(c1)-c1nc3cc(-c4ccc5c(c4)-c4nc6cc(C)ccc6n4C5=O)ccc3n1C2=O.Nc1ccc(-c2ccc(N)c(N)c2)cc1N.O=c1oc(=O)c2cc3c(=O)oc(=O)c3cc12. The van der Waals surface area contributed by atoms with Crippen LogP contribution in [0.1, 0.15) is 85.8 Å². The number of aryl methyl sites for hydroxylation is 2. The van der Waals surface area contributed by atoms with Gasteiger partial charge in [0.05, 0.1) is 144 Å². The number of carboxylic acids is 2. The Labute approximate surface area is 758 Å². The van der Waals surface area contributed by atoms with Crippen LogP contribution in [0.5, 0.6) is 0 Å². The van der Waals surface area contributed by atoms with Crippen molar-refractivity contribution in [1.29, 1.82) is 0 Å². The number of carbonyl (C=O) groups excluding carboxylic acids is 4. The van der Waals surface area contributed by atoms with E-state index in [1.165, 1.54) is 19.2 Å². The van der Waals surface area contributed by atoms with Crippen molar-refractivity contribution in [1.82, 2.24) is 28.2 Å². The number of nitrogens with two attached hydrogens (primary N) is 8. The topological polar surface area (TPSA) is 583 Å². The Bertz CT molecular complexity index is 8640. The Hall–Kier alpha value is -19.0. The maximum atomic E-state index is 13.2. The molecule has 21 rings (SSSR count). The highest BCUT2D eigenvalue weighted by molar-refractivity contribution is 6.16. The minimum Gasteiger partial charge on any atom is -0.478 e. The number of aromatic nitrogens is 6. The second-order valence-corrected chi connectivity index (χ2v) is 32.1. The molecule has 2 aliphatic heterocycles. The smallest absolute Gasteiger partial charge is 0.346 e. The van der Waals surface area contributed by atoms with Gasteiger partial charge in [-0.2, -0.15) is 0 Å². The number of imidazole rings is 2. The molecule has 6 aromatic heterocycles. The summed E-state index contributed by atoms with van der Waals surface area (Å²) in [5.74, 6) is -2.90. The lowest BCUT2D eigenvalue weighted by Crippen LogP contribution is -2.24. The molecule has 2 aliphatic rings. The van der Waals surface area contributed by atoms with Crippen molar-refractivity contribution in [2.45, 2.75) is 27.2 Å². The number of hydrogen-bond acceptors (Lipinski definition) is 28. The molecule has 0 amide bonds. The second-order valence-electron chi connectivity index (χ2n) is 32.1. The van der Waals surface area contributed by atoms with E-state index >= 15 is 0 Å². The van der Waals surface area contributed by atoms with E-state index in [1.54, 1.807) is 90.0 Å². The average molecular weight is 1800 g/mol. The highest BCUT2D eigenvalue weighted by atomic mass is 16.4. The van der Waals surface area contributed by atoms with Crippen LogP contribution in [0.15, 0.2) is 266 Å². The first-order chi connectivity index (χ1) is 64.4. The second kappa shape index (κ2) is 33.9. The van der Waals surface area contributed by atoms with Crippen molar-refractivity contribution in [3.05, 3.63) is 352 Å². The van der Waals surface area contributed by atoms with Crippen molar-refractivity contribution in [2.24, 2.45) is 7.05 Å². The van der Waals surface area contributed by atoms with Crippen LogP contribution in [0, 0.1) is 13.8 Å². The zero-order valence-corrected chi connectivity index (χ0v) is 72.2. The van der Waals surface area contributed by atoms with E-state index in [-0.39, 0.29) is 83.8 Å². The molecular weight excluding hydrogens is 1730 g/mol. The number of hydrogen-bond donors (Lipinski definition) is 12. The van der Waals surface area contributed by atoms with Gasteiger partial charge in [-0.1, -0.05) is 84.4 Å². The number of Topliss-reactive ketones (excluding diaryl/α,β-unsaturated/α-hetero) is 2. The maximum Gasteiger partial charge on any atom is 0.346 e. The molecule has 20 N–H and O–H groups in total. The summed E-state index contributed by atoms with van der Waals surface area (Å²) < 4.78 is 14.0. The number of furan rings is 2. The molecule has 0 saturated heterocycles. The molecule has 0 aliphatic carbocycles. The van der Waals surface area contributed by atoms with Crippen molar-refractivity contribution < 1.29 is 47.8 Å². The van der Waals surface area contributed by atoms with Crippen LogP contribution < -0.4 is 101 Å². The summed E-state index contributed by atoms with van der Waals surface area (Å²) in [6, 6.07) is 62.3. The summed E-state index contributed by atoms with van der Waals surface area (Å²) in [5, 5.41) is 25.2. The van der Waals surface area contributed by atoms with Crippen LogP contribution in [0.2, 0.25) is 0 Å². The van der Waals surface area contributed by atoms with Gasteiger partial charge in [-0.15, -0.1) is 0 Å². The number of aromatic carboxylic acids is 2. The van der Waals surface area contributed by atoms with E-state index in [0.29, 0.717) is 79.3 Å². The van der Waals surface area contributed by atoms with Gasteiger partial charge in [0.25, 0.3) is 34.1 Å². The lowest BCUT2D eigenvalue weighted by molar-refractivity contribution is 0.0676. The number of nitrogens with zero attached hydrogens (tertiary/aromatic N) is 6. The number of benzene rings is 13. The first-order valence-electron chi connectivity index (χ1n) is 41.3. The lowest BCUT2D eigenvalue weighted by Gasteiger charge is -2.14. The number of fused-ring (bicyclic) bond motifs is 14. The van der Waals surface area contributed by atoms with Crippen LogP contribution in [0.25, 0.3) is 138 Å². The summed E-state index contributed by atoms with van der Waals surface area (Å²) in [7, 11) is 4.86. The third-order valence-electron chi connectivity index (χ3n) is 23.8. The molecule has 34 heteroatoms. The van der Waals surface area contributed by atoms with Gasteiger partial charge in [0.15, 0.2) is 11.6 Å². The van der Waals surface area contributed by atoms with Gasteiger partial charge in [0, 0.05) is 66.6 Å². The molecule has 34 nitrogen and oxygen atoms in total. The summed E-state index contributed by atoms with van der Waals surface area (Å²) in [6.45, 7) is 5.16. The normalized spacial score (nSPS) is 11.6. The Balaban J connectivity index is 0.000000121. The first kappa shape index (κ1) is 88.0. The van der Waals surface area contributed by atoms with Crippen LogP contribution in [0.4, 0.5) is 56.9 Å². The maximum absolute atomic E-state index is 13.2. The zero-order chi connectivity index (χ0) is 96.2. The number of nitrogen functional groups attached to an aromatic ring is 8. The fraction of sp³-hybridized carbons (Fsp3) is 0.0693.